The molecule has 0 spiro atoms. The lowest BCUT2D eigenvalue weighted by molar-refractivity contribution is 0.409. The highest BCUT2D eigenvalue weighted by Gasteiger charge is 2.11. The van der Waals surface area contributed by atoms with Gasteiger partial charge in [-0.25, -0.2) is 9.98 Å². The van der Waals surface area contributed by atoms with Gasteiger partial charge in [-0.1, -0.05) is 17.7 Å². The molecule has 130 valence electrons. The molecule has 0 unspecified atom stereocenters. The first-order chi connectivity index (χ1) is 11.5. The van der Waals surface area contributed by atoms with Crippen molar-refractivity contribution in [3.05, 3.63) is 40.9 Å². The van der Waals surface area contributed by atoms with Gasteiger partial charge in [0, 0.05) is 31.2 Å². The topological polar surface area (TPSA) is 67.6 Å². The van der Waals surface area contributed by atoms with Gasteiger partial charge in [0.1, 0.15) is 17.9 Å². The first kappa shape index (κ1) is 18.1. The van der Waals surface area contributed by atoms with Crippen LogP contribution in [-0.2, 0) is 20.1 Å². The highest BCUT2D eigenvalue weighted by atomic mass is 35.5. The molecule has 24 heavy (non-hydrogen) atoms. The molecular formula is C16H23ClN6O. The van der Waals surface area contributed by atoms with Crippen LogP contribution in [0.2, 0.25) is 5.02 Å². The number of aliphatic imine (C=N–C) groups is 1. The lowest BCUT2D eigenvalue weighted by Gasteiger charge is -2.21. The summed E-state index contributed by atoms with van der Waals surface area (Å²) in [6.45, 7) is 3.92. The Hall–Kier alpha value is -2.28. The average molecular weight is 351 g/mol. The van der Waals surface area contributed by atoms with Crippen LogP contribution in [0.4, 0.5) is 0 Å². The highest BCUT2D eigenvalue weighted by molar-refractivity contribution is 6.30. The molecule has 0 saturated carbocycles. The monoisotopic (exact) mass is 350 g/mol. The van der Waals surface area contributed by atoms with E-state index in [9.17, 15) is 0 Å². The van der Waals surface area contributed by atoms with Gasteiger partial charge >= 0.3 is 0 Å². The Labute approximate surface area is 147 Å². The van der Waals surface area contributed by atoms with Gasteiger partial charge in [-0.15, -0.1) is 0 Å². The fraction of sp³-hybridized carbons (Fsp3) is 0.438. The Balaban J connectivity index is 2.14. The summed E-state index contributed by atoms with van der Waals surface area (Å²) in [5, 5.41) is 8.02. The van der Waals surface area contributed by atoms with Gasteiger partial charge in [-0.2, -0.15) is 5.10 Å². The summed E-state index contributed by atoms with van der Waals surface area (Å²) in [4.78, 5) is 10.9. The van der Waals surface area contributed by atoms with E-state index in [0.29, 0.717) is 18.1 Å². The summed E-state index contributed by atoms with van der Waals surface area (Å²) < 4.78 is 7.12. The molecule has 8 heteroatoms. The highest BCUT2D eigenvalue weighted by Crippen LogP contribution is 2.23. The molecule has 7 nitrogen and oxygen atoms in total. The molecule has 2 rings (SSSR count). The van der Waals surface area contributed by atoms with E-state index in [0.717, 1.165) is 29.6 Å². The number of benzene rings is 1. The second kappa shape index (κ2) is 8.54. The van der Waals surface area contributed by atoms with Crippen LogP contribution in [0.3, 0.4) is 0 Å². The average Bonchev–Trinajstić information content (AvgIpc) is 2.97. The Bertz CT molecular complexity index is 700. The van der Waals surface area contributed by atoms with E-state index >= 15 is 0 Å². The minimum absolute atomic E-state index is 0.492. The Morgan fingerprint density at radius 3 is 2.88 bits per heavy atom. The molecule has 0 saturated heterocycles. The van der Waals surface area contributed by atoms with Gasteiger partial charge in [-0.05, 0) is 19.1 Å². The first-order valence-corrected chi connectivity index (χ1v) is 8.07. The summed E-state index contributed by atoms with van der Waals surface area (Å²) in [7, 11) is 5.47. The van der Waals surface area contributed by atoms with Crippen molar-refractivity contribution in [2.45, 2.75) is 20.0 Å². The number of guanidine groups is 1. The smallest absolute Gasteiger partial charge is 0.194 e. The van der Waals surface area contributed by atoms with Crippen LogP contribution in [0.25, 0.3) is 0 Å². The second-order valence-electron chi connectivity index (χ2n) is 5.28. The van der Waals surface area contributed by atoms with Crippen molar-refractivity contribution in [1.82, 2.24) is 25.0 Å². The van der Waals surface area contributed by atoms with E-state index in [2.05, 4.69) is 20.4 Å². The number of methoxy groups -OCH3 is 1. The number of hydrogen-bond donors (Lipinski definition) is 1. The molecule has 1 aromatic carbocycles. The van der Waals surface area contributed by atoms with Crippen molar-refractivity contribution in [1.29, 1.82) is 0 Å². The van der Waals surface area contributed by atoms with E-state index < -0.39 is 0 Å². The number of halogens is 1. The third-order valence-corrected chi connectivity index (χ3v) is 3.76. The Kier molecular flexibility index (Phi) is 6.43. The molecule has 1 N–H and O–H groups in total. The minimum Gasteiger partial charge on any atom is -0.496 e. The third-order valence-electron chi connectivity index (χ3n) is 3.53. The van der Waals surface area contributed by atoms with Crippen molar-refractivity contribution < 1.29 is 4.74 Å². The Morgan fingerprint density at radius 1 is 1.46 bits per heavy atom. The quantitative estimate of drug-likeness (QED) is 0.638. The van der Waals surface area contributed by atoms with Gasteiger partial charge in [-0.3, -0.25) is 4.68 Å². The zero-order valence-electron chi connectivity index (χ0n) is 14.5. The fourth-order valence-corrected chi connectivity index (χ4v) is 2.39. The van der Waals surface area contributed by atoms with Gasteiger partial charge < -0.3 is 15.0 Å². The zero-order chi connectivity index (χ0) is 17.5. The minimum atomic E-state index is 0.492. The van der Waals surface area contributed by atoms with Gasteiger partial charge in [0.15, 0.2) is 5.96 Å². The maximum Gasteiger partial charge on any atom is 0.194 e. The number of nitrogens with one attached hydrogen (secondary N) is 1. The summed E-state index contributed by atoms with van der Waals surface area (Å²) in [5.41, 5.74) is 0.976. The van der Waals surface area contributed by atoms with Crippen LogP contribution >= 0.6 is 11.6 Å². The molecule has 0 aliphatic carbocycles. The zero-order valence-corrected chi connectivity index (χ0v) is 15.2. The molecule has 1 aromatic heterocycles. The number of rotatable bonds is 6. The predicted molar refractivity (Wildman–Crippen MR) is 95.3 cm³/mol. The first-order valence-electron chi connectivity index (χ1n) is 7.69. The summed E-state index contributed by atoms with van der Waals surface area (Å²) in [5.74, 6) is 2.39. The summed E-state index contributed by atoms with van der Waals surface area (Å²) in [6, 6.07) is 5.56. The molecule has 2 aromatic rings. The predicted octanol–water partition coefficient (Wildman–Crippen LogP) is 2.07. The van der Waals surface area contributed by atoms with Crippen LogP contribution in [0.5, 0.6) is 5.75 Å². The lowest BCUT2D eigenvalue weighted by atomic mass is 10.2. The Morgan fingerprint density at radius 2 is 2.25 bits per heavy atom. The SMILES string of the molecule is CCNC(=NCc1ccc(Cl)cc1OC)N(C)Cc1ncnn1C. The van der Waals surface area contributed by atoms with Gasteiger partial charge in [0.05, 0.1) is 20.2 Å². The lowest BCUT2D eigenvalue weighted by Crippen LogP contribution is -2.39. The summed E-state index contributed by atoms with van der Waals surface area (Å²) in [6.07, 6.45) is 1.55. The third kappa shape index (κ3) is 4.61. The van der Waals surface area contributed by atoms with Crippen molar-refractivity contribution in [3.63, 3.8) is 0 Å². The molecule has 0 bridgehead atoms. The van der Waals surface area contributed by atoms with Crippen LogP contribution in [0.1, 0.15) is 18.3 Å². The van der Waals surface area contributed by atoms with Gasteiger partial charge in [0.25, 0.3) is 0 Å². The number of aromatic nitrogens is 3. The normalized spacial score (nSPS) is 11.5. The van der Waals surface area contributed by atoms with Crippen molar-refractivity contribution in [2.24, 2.45) is 12.0 Å². The molecule has 1 heterocycles. The number of aryl methyl sites for hydroxylation is 1. The second-order valence-corrected chi connectivity index (χ2v) is 5.72. The fourth-order valence-electron chi connectivity index (χ4n) is 2.23. The van der Waals surface area contributed by atoms with Crippen molar-refractivity contribution >= 4 is 17.6 Å². The molecule has 0 atom stereocenters. The molecular weight excluding hydrogens is 328 g/mol. The van der Waals surface area contributed by atoms with Crippen molar-refractivity contribution in [2.75, 3.05) is 20.7 Å². The molecule has 0 aliphatic heterocycles. The van der Waals surface area contributed by atoms with Crippen LogP contribution < -0.4 is 10.1 Å². The van der Waals surface area contributed by atoms with Crippen LogP contribution in [-0.4, -0.2) is 46.3 Å². The van der Waals surface area contributed by atoms with E-state index in [1.807, 2.05) is 38.1 Å². The molecule has 0 fully saturated rings. The molecule has 0 amide bonds. The molecule has 0 aliphatic rings. The number of ether oxygens (including phenoxy) is 1. The summed E-state index contributed by atoms with van der Waals surface area (Å²) >= 11 is 6.00. The standard InChI is InChI=1S/C16H23ClN6O/c1-5-18-16(22(2)10-15-20-11-21-23(15)3)19-9-12-6-7-13(17)8-14(12)24-4/h6-8,11H,5,9-10H2,1-4H3,(H,18,19). The van der Waals surface area contributed by atoms with E-state index in [-0.39, 0.29) is 0 Å². The van der Waals surface area contributed by atoms with E-state index in [1.165, 1.54) is 0 Å². The van der Waals surface area contributed by atoms with E-state index in [1.54, 1.807) is 24.2 Å². The molecule has 0 radical (unpaired) electrons. The largest absolute Gasteiger partial charge is 0.496 e. The van der Waals surface area contributed by atoms with E-state index in [4.69, 9.17) is 16.3 Å². The van der Waals surface area contributed by atoms with Crippen molar-refractivity contribution in [3.8, 4) is 5.75 Å². The van der Waals surface area contributed by atoms with Crippen LogP contribution in [0.15, 0.2) is 29.5 Å². The maximum absolute atomic E-state index is 6.00. The maximum atomic E-state index is 6.00. The van der Waals surface area contributed by atoms with Gasteiger partial charge in [0.2, 0.25) is 0 Å². The number of nitrogens with zero attached hydrogens (tertiary/aromatic N) is 5. The van der Waals surface area contributed by atoms with Crippen LogP contribution in [0, 0.1) is 0 Å². The number of hydrogen-bond acceptors (Lipinski definition) is 4.